The van der Waals surface area contributed by atoms with Gasteiger partial charge in [0, 0.05) is 7.05 Å². The highest BCUT2D eigenvalue weighted by Gasteiger charge is 2.24. The highest BCUT2D eigenvalue weighted by atomic mass is 35.5. The van der Waals surface area contributed by atoms with Gasteiger partial charge < -0.3 is 5.32 Å². The van der Waals surface area contributed by atoms with E-state index >= 15 is 0 Å². The average Bonchev–Trinajstić information content (AvgIpc) is 2.84. The largest absolute Gasteiger partial charge is 0.336 e. The Hall–Kier alpha value is -2.98. The van der Waals surface area contributed by atoms with Gasteiger partial charge >= 0.3 is 0 Å². The minimum atomic E-state index is -0.916. The molecule has 0 spiro atoms. The molecule has 0 unspecified atom stereocenters. The zero-order chi connectivity index (χ0) is 19.9. The first kappa shape index (κ1) is 18.8. The smallest absolute Gasteiger partial charge is 0.148 e. The third kappa shape index (κ3) is 3.36. The molecule has 3 aromatic rings. The van der Waals surface area contributed by atoms with E-state index in [1.165, 1.54) is 10.7 Å². The predicted molar refractivity (Wildman–Crippen MR) is 97.4 cm³/mol. The number of nitrogens with zero attached hydrogens (tertiary/aromatic N) is 3. The fraction of sp³-hybridized carbons (Fsp3) is 0.158. The van der Waals surface area contributed by atoms with Gasteiger partial charge in [-0.15, -0.1) is 0 Å². The van der Waals surface area contributed by atoms with E-state index in [9.17, 15) is 13.2 Å². The minimum Gasteiger partial charge on any atom is -0.336 e. The molecular weight excluding hydrogens is 377 g/mol. The molecule has 138 valence electrons. The van der Waals surface area contributed by atoms with Crippen LogP contribution < -0.4 is 5.32 Å². The fourth-order valence-electron chi connectivity index (χ4n) is 2.92. The number of hydrogen-bond acceptors (Lipinski definition) is 3. The predicted octanol–water partition coefficient (Wildman–Crippen LogP) is 5.39. The molecule has 1 N–H and O–H groups in total. The van der Waals surface area contributed by atoms with Crippen molar-refractivity contribution in [2.45, 2.75) is 13.8 Å². The summed E-state index contributed by atoms with van der Waals surface area (Å²) in [5, 5.41) is 16.0. The third-order valence-corrected chi connectivity index (χ3v) is 4.37. The summed E-state index contributed by atoms with van der Waals surface area (Å²) in [4.78, 5) is 0. The van der Waals surface area contributed by atoms with Crippen LogP contribution in [0, 0.1) is 42.6 Å². The van der Waals surface area contributed by atoms with Gasteiger partial charge in [-0.25, -0.2) is 13.2 Å². The van der Waals surface area contributed by atoms with Crippen LogP contribution in [0.2, 0.25) is 5.02 Å². The molecule has 0 atom stereocenters. The van der Waals surface area contributed by atoms with Crippen LogP contribution in [0.1, 0.15) is 16.8 Å². The summed E-state index contributed by atoms with van der Waals surface area (Å²) in [6.45, 7) is 3.27. The second-order valence-electron chi connectivity index (χ2n) is 6.09. The Balaban J connectivity index is 2.21. The Kier molecular flexibility index (Phi) is 4.85. The lowest BCUT2D eigenvalue weighted by atomic mass is 10.0. The molecule has 4 nitrogen and oxygen atoms in total. The third-order valence-electron chi connectivity index (χ3n) is 4.07. The second kappa shape index (κ2) is 6.97. The van der Waals surface area contributed by atoms with Crippen LogP contribution >= 0.6 is 11.6 Å². The summed E-state index contributed by atoms with van der Waals surface area (Å²) < 4.78 is 44.8. The topological polar surface area (TPSA) is 53.6 Å². The van der Waals surface area contributed by atoms with E-state index in [0.717, 1.165) is 12.1 Å². The quantitative estimate of drug-likeness (QED) is 0.652. The second-order valence-corrected chi connectivity index (χ2v) is 6.50. The van der Waals surface area contributed by atoms with Crippen LogP contribution in [0.3, 0.4) is 0 Å². The highest BCUT2D eigenvalue weighted by Crippen LogP contribution is 2.38. The monoisotopic (exact) mass is 390 g/mol. The Bertz CT molecular complexity index is 1050. The highest BCUT2D eigenvalue weighted by molar-refractivity contribution is 6.33. The van der Waals surface area contributed by atoms with Gasteiger partial charge in [0.25, 0.3) is 0 Å². The number of halogens is 4. The molecule has 1 aromatic heterocycles. The van der Waals surface area contributed by atoms with Crippen LogP contribution in [0.15, 0.2) is 24.3 Å². The molecule has 0 amide bonds. The van der Waals surface area contributed by atoms with E-state index in [-0.39, 0.29) is 33.2 Å². The van der Waals surface area contributed by atoms with E-state index in [0.29, 0.717) is 11.3 Å². The molecule has 0 saturated heterocycles. The lowest BCUT2D eigenvalue weighted by Crippen LogP contribution is -2.04. The van der Waals surface area contributed by atoms with Crippen LogP contribution in [-0.2, 0) is 7.05 Å². The van der Waals surface area contributed by atoms with Gasteiger partial charge in [-0.3, -0.25) is 4.68 Å². The van der Waals surface area contributed by atoms with Crippen molar-refractivity contribution >= 4 is 23.1 Å². The molecule has 0 fully saturated rings. The summed E-state index contributed by atoms with van der Waals surface area (Å²) in [6, 6.07) is 6.44. The van der Waals surface area contributed by atoms with Crippen molar-refractivity contribution < 1.29 is 13.2 Å². The summed E-state index contributed by atoms with van der Waals surface area (Å²) in [6.07, 6.45) is 0. The van der Waals surface area contributed by atoms with E-state index in [4.69, 9.17) is 16.9 Å². The first-order chi connectivity index (χ1) is 12.7. The Morgan fingerprint density at radius 3 is 2.22 bits per heavy atom. The number of nitrogens with one attached hydrogen (secondary N) is 1. The van der Waals surface area contributed by atoms with Gasteiger partial charge in [0.2, 0.25) is 0 Å². The van der Waals surface area contributed by atoms with Crippen molar-refractivity contribution in [2.75, 3.05) is 5.32 Å². The molecule has 0 saturated carbocycles. The average molecular weight is 391 g/mol. The molecule has 0 radical (unpaired) electrons. The van der Waals surface area contributed by atoms with Crippen LogP contribution in [0.5, 0.6) is 0 Å². The van der Waals surface area contributed by atoms with Crippen molar-refractivity contribution in [3.05, 3.63) is 63.6 Å². The first-order valence-electron chi connectivity index (χ1n) is 7.88. The van der Waals surface area contributed by atoms with Gasteiger partial charge in [-0.2, -0.15) is 10.4 Å². The van der Waals surface area contributed by atoms with Crippen LogP contribution in [0.4, 0.5) is 24.7 Å². The SMILES string of the molecule is Cc1cc(F)c(Nc2c(-c3c(F)cc(C#N)cc3F)c(C)nn2C)c(Cl)c1. The van der Waals surface area contributed by atoms with E-state index < -0.39 is 17.5 Å². The summed E-state index contributed by atoms with van der Waals surface area (Å²) in [5.74, 6) is -2.27. The molecule has 0 aliphatic heterocycles. The van der Waals surface area contributed by atoms with Crippen LogP contribution in [-0.4, -0.2) is 9.78 Å². The standard InChI is InChI=1S/C19H14ClF3N4/c1-9-4-12(20)18(15(23)5-9)25-19-16(10(2)26-27(19)3)17-13(21)6-11(8-24)7-14(17)22/h4-7,25H,1-3H3. The molecule has 2 aromatic carbocycles. The number of anilines is 2. The van der Waals surface area contributed by atoms with Crippen molar-refractivity contribution in [3.8, 4) is 17.2 Å². The number of hydrogen-bond donors (Lipinski definition) is 1. The van der Waals surface area contributed by atoms with Gasteiger partial charge in [-0.05, 0) is 43.7 Å². The van der Waals surface area contributed by atoms with E-state index in [1.807, 2.05) is 0 Å². The maximum atomic E-state index is 14.5. The van der Waals surface area contributed by atoms with Gasteiger partial charge in [0.15, 0.2) is 0 Å². The number of aromatic nitrogens is 2. The molecule has 8 heteroatoms. The molecular formula is C19H14ClF3N4. The van der Waals surface area contributed by atoms with Crippen molar-refractivity contribution in [2.24, 2.45) is 7.05 Å². The van der Waals surface area contributed by atoms with Crippen molar-refractivity contribution in [1.82, 2.24) is 9.78 Å². The van der Waals surface area contributed by atoms with E-state index in [2.05, 4.69) is 10.4 Å². The van der Waals surface area contributed by atoms with Crippen molar-refractivity contribution in [1.29, 1.82) is 5.26 Å². The lowest BCUT2D eigenvalue weighted by Gasteiger charge is -2.14. The number of rotatable bonds is 3. The maximum absolute atomic E-state index is 14.5. The van der Waals surface area contributed by atoms with Gasteiger partial charge in [0.05, 0.1) is 39.2 Å². The van der Waals surface area contributed by atoms with E-state index in [1.54, 1.807) is 33.0 Å². The number of benzene rings is 2. The lowest BCUT2D eigenvalue weighted by molar-refractivity contribution is 0.588. The van der Waals surface area contributed by atoms with Gasteiger partial charge in [-0.1, -0.05) is 11.6 Å². The Labute approximate surface area is 158 Å². The molecule has 0 bridgehead atoms. The minimum absolute atomic E-state index is 0.0269. The molecule has 0 aliphatic rings. The molecule has 1 heterocycles. The van der Waals surface area contributed by atoms with Gasteiger partial charge in [0.1, 0.15) is 23.3 Å². The Morgan fingerprint density at radius 1 is 1.04 bits per heavy atom. The zero-order valence-corrected chi connectivity index (χ0v) is 15.4. The Morgan fingerprint density at radius 2 is 1.67 bits per heavy atom. The summed E-state index contributed by atoms with van der Waals surface area (Å²) in [7, 11) is 1.55. The number of aryl methyl sites for hydroxylation is 3. The fourth-order valence-corrected chi connectivity index (χ4v) is 3.22. The summed E-state index contributed by atoms with van der Waals surface area (Å²) in [5.41, 5.74) is 0.553. The summed E-state index contributed by atoms with van der Waals surface area (Å²) >= 11 is 6.13. The number of nitriles is 1. The van der Waals surface area contributed by atoms with Crippen molar-refractivity contribution in [3.63, 3.8) is 0 Å². The molecule has 3 rings (SSSR count). The molecule has 0 aliphatic carbocycles. The normalized spacial score (nSPS) is 10.7. The maximum Gasteiger partial charge on any atom is 0.148 e. The molecule has 27 heavy (non-hydrogen) atoms. The first-order valence-corrected chi connectivity index (χ1v) is 8.26. The van der Waals surface area contributed by atoms with Crippen LogP contribution in [0.25, 0.3) is 11.1 Å². The zero-order valence-electron chi connectivity index (χ0n) is 14.7.